The van der Waals surface area contributed by atoms with Crippen LogP contribution in [0.25, 0.3) is 10.8 Å². The Labute approximate surface area is 167 Å². The lowest BCUT2D eigenvalue weighted by Gasteiger charge is -2.21. The van der Waals surface area contributed by atoms with Crippen molar-refractivity contribution in [3.63, 3.8) is 0 Å². The van der Waals surface area contributed by atoms with E-state index in [0.29, 0.717) is 42.4 Å². The van der Waals surface area contributed by atoms with E-state index in [1.165, 1.54) is 0 Å². The first-order valence-corrected chi connectivity index (χ1v) is 10.0. The van der Waals surface area contributed by atoms with Gasteiger partial charge in [0.05, 0.1) is 20.8 Å². The highest BCUT2D eigenvalue weighted by Crippen LogP contribution is 2.51. The SMILES string of the molecule is CCCCCOc1c(OC)c(OC)c(OC(=O)CCC)c2cc(C)c(C)cc12. The van der Waals surface area contributed by atoms with Crippen LogP contribution in [0.1, 0.15) is 57.1 Å². The van der Waals surface area contributed by atoms with E-state index in [1.54, 1.807) is 14.2 Å². The number of carbonyl (C=O) groups excluding carboxylic acids is 1. The molecule has 0 radical (unpaired) electrons. The molecule has 0 saturated carbocycles. The first-order chi connectivity index (χ1) is 13.5. The van der Waals surface area contributed by atoms with Crippen molar-refractivity contribution in [3.8, 4) is 23.0 Å². The lowest BCUT2D eigenvalue weighted by Crippen LogP contribution is -2.10. The highest BCUT2D eigenvalue weighted by atomic mass is 16.6. The largest absolute Gasteiger partial charge is 0.490 e. The van der Waals surface area contributed by atoms with Crippen LogP contribution in [0.4, 0.5) is 0 Å². The summed E-state index contributed by atoms with van der Waals surface area (Å²) in [5.74, 6) is 1.56. The number of fused-ring (bicyclic) bond motifs is 1. The molecule has 0 heterocycles. The summed E-state index contributed by atoms with van der Waals surface area (Å²) in [5.41, 5.74) is 2.23. The van der Waals surface area contributed by atoms with E-state index in [0.717, 1.165) is 41.2 Å². The number of carbonyl (C=O) groups is 1. The minimum absolute atomic E-state index is 0.293. The molecule has 5 heteroatoms. The average molecular weight is 389 g/mol. The molecule has 0 saturated heterocycles. The van der Waals surface area contributed by atoms with Gasteiger partial charge in [-0.05, 0) is 49.9 Å². The molecule has 0 unspecified atom stereocenters. The maximum absolute atomic E-state index is 12.3. The molecule has 0 N–H and O–H groups in total. The Morgan fingerprint density at radius 1 is 0.821 bits per heavy atom. The molecule has 0 spiro atoms. The molecule has 2 aromatic carbocycles. The van der Waals surface area contributed by atoms with Gasteiger partial charge >= 0.3 is 5.97 Å². The van der Waals surface area contributed by atoms with Crippen molar-refractivity contribution < 1.29 is 23.7 Å². The van der Waals surface area contributed by atoms with Gasteiger partial charge in [0, 0.05) is 17.2 Å². The fraction of sp³-hybridized carbons (Fsp3) is 0.522. The maximum Gasteiger partial charge on any atom is 0.311 e. The van der Waals surface area contributed by atoms with Crippen molar-refractivity contribution in [2.75, 3.05) is 20.8 Å². The summed E-state index contributed by atoms with van der Waals surface area (Å²) in [6, 6.07) is 4.07. The van der Waals surface area contributed by atoms with Crippen molar-refractivity contribution >= 4 is 16.7 Å². The second-order valence-electron chi connectivity index (χ2n) is 6.99. The van der Waals surface area contributed by atoms with E-state index in [2.05, 4.69) is 19.9 Å². The molecule has 2 aromatic rings. The molecular weight excluding hydrogens is 356 g/mol. The van der Waals surface area contributed by atoms with Crippen LogP contribution in [0.5, 0.6) is 23.0 Å². The lowest BCUT2D eigenvalue weighted by molar-refractivity contribution is -0.134. The van der Waals surface area contributed by atoms with E-state index in [1.807, 2.05) is 19.9 Å². The number of aryl methyl sites for hydroxylation is 2. The standard InChI is InChI=1S/C23H32O5/c1-7-9-10-12-27-20-17-13-15(3)16(4)14-18(17)21(28-19(24)11-8-2)23(26-6)22(20)25-5/h13-14H,7-12H2,1-6H3. The monoisotopic (exact) mass is 388 g/mol. The van der Waals surface area contributed by atoms with Crippen LogP contribution in [0.2, 0.25) is 0 Å². The van der Waals surface area contributed by atoms with Gasteiger partial charge in [0.2, 0.25) is 11.5 Å². The third kappa shape index (κ3) is 4.70. The van der Waals surface area contributed by atoms with Crippen LogP contribution >= 0.6 is 0 Å². The van der Waals surface area contributed by atoms with Crippen molar-refractivity contribution in [2.24, 2.45) is 0 Å². The number of rotatable bonds is 10. The molecule has 0 fully saturated rings. The summed E-state index contributed by atoms with van der Waals surface area (Å²) < 4.78 is 23.1. The average Bonchev–Trinajstić information content (AvgIpc) is 2.67. The zero-order valence-electron chi connectivity index (χ0n) is 17.9. The Morgan fingerprint density at radius 2 is 1.39 bits per heavy atom. The van der Waals surface area contributed by atoms with E-state index in [9.17, 15) is 4.79 Å². The summed E-state index contributed by atoms with van der Waals surface area (Å²) in [7, 11) is 3.12. The zero-order chi connectivity index (χ0) is 20.7. The van der Waals surface area contributed by atoms with Gasteiger partial charge in [-0.3, -0.25) is 4.79 Å². The normalized spacial score (nSPS) is 10.8. The number of hydrogen-bond acceptors (Lipinski definition) is 5. The number of benzene rings is 2. The molecule has 5 nitrogen and oxygen atoms in total. The molecule has 0 aliphatic rings. The van der Waals surface area contributed by atoms with Crippen molar-refractivity contribution in [2.45, 2.75) is 59.8 Å². The number of hydrogen-bond donors (Lipinski definition) is 0. The second kappa shape index (κ2) is 10.2. The van der Waals surface area contributed by atoms with Crippen LogP contribution in [0.15, 0.2) is 12.1 Å². The van der Waals surface area contributed by atoms with Crippen molar-refractivity contribution in [1.82, 2.24) is 0 Å². The van der Waals surface area contributed by atoms with Gasteiger partial charge in [-0.25, -0.2) is 0 Å². The maximum atomic E-state index is 12.3. The van der Waals surface area contributed by atoms with Gasteiger partial charge in [0.1, 0.15) is 0 Å². The van der Waals surface area contributed by atoms with Gasteiger partial charge < -0.3 is 18.9 Å². The van der Waals surface area contributed by atoms with Gasteiger partial charge in [0.25, 0.3) is 0 Å². The fourth-order valence-corrected chi connectivity index (χ4v) is 3.15. The predicted octanol–water partition coefficient (Wildman–Crippen LogP) is 5.75. The molecule has 0 bridgehead atoms. The van der Waals surface area contributed by atoms with E-state index >= 15 is 0 Å². The Kier molecular flexibility index (Phi) is 7.97. The molecule has 28 heavy (non-hydrogen) atoms. The lowest BCUT2D eigenvalue weighted by atomic mass is 10.00. The third-order valence-corrected chi connectivity index (χ3v) is 4.81. The van der Waals surface area contributed by atoms with E-state index < -0.39 is 0 Å². The Bertz CT molecular complexity index is 826. The van der Waals surface area contributed by atoms with Gasteiger partial charge in [-0.1, -0.05) is 26.7 Å². The number of methoxy groups -OCH3 is 2. The number of unbranched alkanes of at least 4 members (excludes halogenated alkanes) is 2. The second-order valence-corrected chi connectivity index (χ2v) is 6.99. The molecule has 0 aliphatic heterocycles. The quantitative estimate of drug-likeness (QED) is 0.295. The first kappa shape index (κ1) is 21.9. The third-order valence-electron chi connectivity index (χ3n) is 4.81. The van der Waals surface area contributed by atoms with Gasteiger partial charge in [-0.15, -0.1) is 0 Å². The van der Waals surface area contributed by atoms with Crippen molar-refractivity contribution in [1.29, 1.82) is 0 Å². The van der Waals surface area contributed by atoms with Crippen LogP contribution in [-0.2, 0) is 4.79 Å². The van der Waals surface area contributed by atoms with Crippen LogP contribution < -0.4 is 18.9 Å². The minimum atomic E-state index is -0.293. The molecule has 0 aromatic heterocycles. The summed E-state index contributed by atoms with van der Waals surface area (Å²) in [4.78, 5) is 12.3. The minimum Gasteiger partial charge on any atom is -0.490 e. The smallest absolute Gasteiger partial charge is 0.311 e. The van der Waals surface area contributed by atoms with E-state index in [-0.39, 0.29) is 5.97 Å². The van der Waals surface area contributed by atoms with Gasteiger partial charge in [0.15, 0.2) is 11.5 Å². The Hall–Kier alpha value is -2.43. The first-order valence-electron chi connectivity index (χ1n) is 10.0. The molecule has 0 amide bonds. The zero-order valence-corrected chi connectivity index (χ0v) is 17.9. The highest BCUT2D eigenvalue weighted by Gasteiger charge is 2.25. The number of ether oxygens (including phenoxy) is 4. The molecule has 0 aliphatic carbocycles. The number of esters is 1. The Balaban J connectivity index is 2.70. The van der Waals surface area contributed by atoms with Crippen LogP contribution in [0.3, 0.4) is 0 Å². The summed E-state index contributed by atoms with van der Waals surface area (Å²) in [6.07, 6.45) is 4.24. The molecule has 2 rings (SSSR count). The molecular formula is C23H32O5. The summed E-state index contributed by atoms with van der Waals surface area (Å²) >= 11 is 0. The predicted molar refractivity (Wildman–Crippen MR) is 112 cm³/mol. The topological polar surface area (TPSA) is 54.0 Å². The van der Waals surface area contributed by atoms with E-state index in [4.69, 9.17) is 18.9 Å². The fourth-order valence-electron chi connectivity index (χ4n) is 3.15. The summed E-state index contributed by atoms with van der Waals surface area (Å²) in [5, 5.41) is 1.65. The Morgan fingerprint density at radius 3 is 1.93 bits per heavy atom. The van der Waals surface area contributed by atoms with Crippen LogP contribution in [0, 0.1) is 13.8 Å². The summed E-state index contributed by atoms with van der Waals surface area (Å²) in [6.45, 7) is 8.77. The highest BCUT2D eigenvalue weighted by molar-refractivity contribution is 6.01. The van der Waals surface area contributed by atoms with Crippen LogP contribution in [-0.4, -0.2) is 26.8 Å². The molecule has 154 valence electrons. The van der Waals surface area contributed by atoms with Gasteiger partial charge in [-0.2, -0.15) is 0 Å². The molecule has 0 atom stereocenters. The van der Waals surface area contributed by atoms with Crippen molar-refractivity contribution in [3.05, 3.63) is 23.3 Å².